The topological polar surface area (TPSA) is 81.4 Å². The smallest absolute Gasteiger partial charge is 0.349 e. The van der Waals surface area contributed by atoms with Crippen LogP contribution in [0.15, 0.2) is 0 Å². The third kappa shape index (κ3) is 4.03. The third-order valence-corrected chi connectivity index (χ3v) is 1.09. The second-order valence-corrected chi connectivity index (χ2v) is 1.96. The molecule has 3 N–H and O–H groups in total. The zero-order valence-electron chi connectivity index (χ0n) is 5.63. The number of aliphatic hydroxyl groups excluding tert-OH is 1. The summed E-state index contributed by atoms with van der Waals surface area (Å²) >= 11 is 0. The van der Waals surface area contributed by atoms with Crippen LogP contribution >= 0.6 is 0 Å². The number of nitrogens with one attached hydrogen (secondary N) is 1. The van der Waals surface area contributed by atoms with Crippen LogP contribution in [0.4, 0.5) is 0 Å². The average Bonchev–Trinajstić information content (AvgIpc) is 1.88. The number of carbonyl (C=O) groups is 1. The fraction of sp³-hybridized carbons (Fsp3) is 0.667. The lowest BCUT2D eigenvalue weighted by Gasteiger charge is -1.95. The van der Waals surface area contributed by atoms with Gasteiger partial charge >= 0.3 is 5.97 Å². The van der Waals surface area contributed by atoms with Gasteiger partial charge in [0.15, 0.2) is 0 Å². The van der Waals surface area contributed by atoms with Crippen LogP contribution in [0, 0.1) is 5.41 Å². The predicted octanol–water partition coefficient (Wildman–Crippen LogP) is 0.253. The van der Waals surface area contributed by atoms with Gasteiger partial charge in [-0.1, -0.05) is 0 Å². The van der Waals surface area contributed by atoms with E-state index in [0.717, 1.165) is 0 Å². The van der Waals surface area contributed by atoms with Crippen molar-refractivity contribution < 1.29 is 15.0 Å². The van der Waals surface area contributed by atoms with Gasteiger partial charge in [0.05, 0.1) is 0 Å². The molecule has 0 fully saturated rings. The molecule has 0 aliphatic heterocycles. The van der Waals surface area contributed by atoms with E-state index >= 15 is 0 Å². The first-order valence-corrected chi connectivity index (χ1v) is 3.10. The van der Waals surface area contributed by atoms with Gasteiger partial charge in [0.1, 0.15) is 5.71 Å². The minimum atomic E-state index is -1.17. The van der Waals surface area contributed by atoms with Crippen molar-refractivity contribution in [3.05, 3.63) is 0 Å². The van der Waals surface area contributed by atoms with Crippen molar-refractivity contribution in [2.24, 2.45) is 0 Å². The highest BCUT2D eigenvalue weighted by molar-refractivity contribution is 6.34. The van der Waals surface area contributed by atoms with Crippen molar-refractivity contribution in [2.45, 2.75) is 19.3 Å². The molecule has 0 spiro atoms. The highest BCUT2D eigenvalue weighted by atomic mass is 16.4. The fourth-order valence-corrected chi connectivity index (χ4v) is 0.521. The molecule has 0 radical (unpaired) electrons. The van der Waals surface area contributed by atoms with Crippen LogP contribution in [0.5, 0.6) is 0 Å². The maximum absolute atomic E-state index is 10.0. The Balaban J connectivity index is 3.31. The first-order chi connectivity index (χ1) is 4.68. The van der Waals surface area contributed by atoms with Crippen molar-refractivity contribution in [2.75, 3.05) is 6.61 Å². The molecule has 0 aliphatic rings. The Hall–Kier alpha value is -0.900. The van der Waals surface area contributed by atoms with Crippen molar-refractivity contribution >= 4 is 11.7 Å². The molecule has 10 heavy (non-hydrogen) atoms. The second-order valence-electron chi connectivity index (χ2n) is 1.96. The summed E-state index contributed by atoms with van der Waals surface area (Å²) in [6, 6.07) is 0. The molecule has 4 nitrogen and oxygen atoms in total. The number of aliphatic hydroxyl groups is 1. The lowest BCUT2D eigenvalue weighted by molar-refractivity contribution is -0.129. The molecule has 0 amide bonds. The van der Waals surface area contributed by atoms with Crippen molar-refractivity contribution in [3.8, 4) is 0 Å². The van der Waals surface area contributed by atoms with E-state index < -0.39 is 5.97 Å². The van der Waals surface area contributed by atoms with Gasteiger partial charge in [0.2, 0.25) is 0 Å². The average molecular weight is 145 g/mol. The highest BCUT2D eigenvalue weighted by Gasteiger charge is 2.04. The largest absolute Gasteiger partial charge is 0.477 e. The summed E-state index contributed by atoms with van der Waals surface area (Å²) in [5.74, 6) is -1.17. The molecule has 0 unspecified atom stereocenters. The van der Waals surface area contributed by atoms with Gasteiger partial charge in [-0.15, -0.1) is 0 Å². The molecule has 0 aromatic rings. The van der Waals surface area contributed by atoms with Crippen LogP contribution in [0.3, 0.4) is 0 Å². The summed E-state index contributed by atoms with van der Waals surface area (Å²) in [6.07, 6.45) is 1.38. The quantitative estimate of drug-likeness (QED) is 0.383. The summed E-state index contributed by atoms with van der Waals surface area (Å²) in [6.45, 7) is 0.0624. The predicted molar refractivity (Wildman–Crippen MR) is 36.3 cm³/mol. The SMILES string of the molecule is N=C(CCCCO)C(=O)O. The molecule has 0 atom stereocenters. The maximum Gasteiger partial charge on any atom is 0.349 e. The summed E-state index contributed by atoms with van der Waals surface area (Å²) in [4.78, 5) is 10.0. The molecular formula is C6H11NO3. The van der Waals surface area contributed by atoms with E-state index in [1.165, 1.54) is 0 Å². The molecule has 58 valence electrons. The molecule has 0 bridgehead atoms. The molecule has 0 aromatic carbocycles. The molecule has 0 rings (SSSR count). The molecule has 0 aromatic heterocycles. The van der Waals surface area contributed by atoms with Gasteiger partial charge in [-0.2, -0.15) is 0 Å². The molecule has 4 heteroatoms. The highest BCUT2D eigenvalue weighted by Crippen LogP contribution is 1.95. The Labute approximate surface area is 59.0 Å². The Morgan fingerprint density at radius 3 is 2.40 bits per heavy atom. The molecule has 0 aliphatic carbocycles. The number of aliphatic carboxylic acids is 1. The van der Waals surface area contributed by atoms with E-state index in [1.807, 2.05) is 0 Å². The van der Waals surface area contributed by atoms with E-state index in [0.29, 0.717) is 12.8 Å². The summed E-state index contributed by atoms with van der Waals surface area (Å²) < 4.78 is 0. The van der Waals surface area contributed by atoms with Gasteiger partial charge in [0, 0.05) is 6.61 Å². The van der Waals surface area contributed by atoms with Crippen molar-refractivity contribution in [1.29, 1.82) is 5.41 Å². The number of unbranched alkanes of at least 4 members (excludes halogenated alkanes) is 1. The van der Waals surface area contributed by atoms with E-state index in [1.54, 1.807) is 0 Å². The van der Waals surface area contributed by atoms with Crippen molar-refractivity contribution in [3.63, 3.8) is 0 Å². The van der Waals surface area contributed by atoms with Gasteiger partial charge < -0.3 is 10.2 Å². The monoisotopic (exact) mass is 145 g/mol. The van der Waals surface area contributed by atoms with Gasteiger partial charge in [-0.05, 0) is 19.3 Å². The zero-order valence-corrected chi connectivity index (χ0v) is 5.63. The normalized spacial score (nSPS) is 9.30. The van der Waals surface area contributed by atoms with E-state index in [-0.39, 0.29) is 18.7 Å². The number of carboxylic acids is 1. The minimum Gasteiger partial charge on any atom is -0.477 e. The van der Waals surface area contributed by atoms with Crippen LogP contribution in [0.2, 0.25) is 0 Å². The van der Waals surface area contributed by atoms with E-state index in [4.69, 9.17) is 15.6 Å². The van der Waals surface area contributed by atoms with Crippen LogP contribution in [-0.4, -0.2) is 28.5 Å². The van der Waals surface area contributed by atoms with Gasteiger partial charge in [0.25, 0.3) is 0 Å². The van der Waals surface area contributed by atoms with Crippen LogP contribution in [-0.2, 0) is 4.79 Å². The number of hydrogen-bond acceptors (Lipinski definition) is 3. The number of hydrogen-bond donors (Lipinski definition) is 3. The Morgan fingerprint density at radius 2 is 2.00 bits per heavy atom. The Kier molecular flexibility index (Phi) is 4.49. The minimum absolute atomic E-state index is 0.0624. The Bertz CT molecular complexity index is 133. The number of carboxylic acid groups (broad SMARTS) is 1. The van der Waals surface area contributed by atoms with E-state index in [9.17, 15) is 4.79 Å². The first-order valence-electron chi connectivity index (χ1n) is 3.10. The van der Waals surface area contributed by atoms with Gasteiger partial charge in [-0.3, -0.25) is 5.41 Å². The summed E-state index contributed by atoms with van der Waals surface area (Å²) in [5, 5.41) is 23.3. The maximum atomic E-state index is 10.0. The standard InChI is InChI=1S/C6H11NO3/c7-5(6(9)10)3-1-2-4-8/h7-8H,1-4H2,(H,9,10). The summed E-state index contributed by atoms with van der Waals surface area (Å²) in [7, 11) is 0. The van der Waals surface area contributed by atoms with Crippen LogP contribution in [0.25, 0.3) is 0 Å². The fourth-order valence-electron chi connectivity index (χ4n) is 0.521. The van der Waals surface area contributed by atoms with Crippen LogP contribution < -0.4 is 0 Å². The van der Waals surface area contributed by atoms with E-state index in [2.05, 4.69) is 0 Å². The van der Waals surface area contributed by atoms with Crippen LogP contribution in [0.1, 0.15) is 19.3 Å². The third-order valence-electron chi connectivity index (χ3n) is 1.09. The first kappa shape index (κ1) is 9.10. The zero-order chi connectivity index (χ0) is 7.98. The lowest BCUT2D eigenvalue weighted by Crippen LogP contribution is -2.10. The molecule has 0 heterocycles. The van der Waals surface area contributed by atoms with Gasteiger partial charge in [-0.25, -0.2) is 4.79 Å². The molecule has 0 saturated carbocycles. The van der Waals surface area contributed by atoms with Crippen molar-refractivity contribution in [1.82, 2.24) is 0 Å². The summed E-state index contributed by atoms with van der Waals surface area (Å²) in [5.41, 5.74) is -0.284. The molecular weight excluding hydrogens is 134 g/mol. The second kappa shape index (κ2) is 4.93. The molecule has 0 saturated heterocycles. The Morgan fingerprint density at radius 1 is 1.40 bits per heavy atom. The number of rotatable bonds is 5. The lowest BCUT2D eigenvalue weighted by atomic mass is 10.2.